The van der Waals surface area contributed by atoms with E-state index in [0.717, 1.165) is 0 Å². The molecular weight excluding hydrogens is 439 g/mol. The first-order chi connectivity index (χ1) is 15.1. The molecule has 0 bridgehead atoms. The maximum atomic E-state index is 8.71. The molecule has 0 aliphatic heterocycles. The van der Waals surface area contributed by atoms with Gasteiger partial charge in [0.2, 0.25) is 0 Å². The lowest BCUT2D eigenvalue weighted by atomic mass is 10.7. The molecule has 0 amide bonds. The Labute approximate surface area is 187 Å². The Morgan fingerprint density at radius 3 is 0.839 bits per heavy atom. The van der Waals surface area contributed by atoms with Gasteiger partial charge in [0.05, 0.1) is 118 Å². The molecule has 6 N–H and O–H groups in total. The van der Waals surface area contributed by atoms with Gasteiger partial charge in [-0.1, -0.05) is 0 Å². The molecule has 0 aromatic rings. The van der Waals surface area contributed by atoms with E-state index in [1.165, 1.54) is 0 Å². The topological polar surface area (TPSA) is 177 Å². The van der Waals surface area contributed by atoms with Gasteiger partial charge >= 0.3 is 0 Å². The second-order valence-electron chi connectivity index (χ2n) is 5.32. The van der Waals surface area contributed by atoms with Gasteiger partial charge in [-0.15, -0.1) is 9.24 Å². The predicted molar refractivity (Wildman–Crippen MR) is 116 cm³/mol. The third-order valence-corrected chi connectivity index (χ3v) is 2.78. The normalized spacial score (nSPS) is 11.3. The van der Waals surface area contributed by atoms with Crippen molar-refractivity contribution in [3.63, 3.8) is 0 Å². The van der Waals surface area contributed by atoms with Crippen molar-refractivity contribution in [2.75, 3.05) is 112 Å². The maximum absolute atomic E-state index is 8.71. The van der Waals surface area contributed by atoms with Gasteiger partial charge in [0.25, 0.3) is 0 Å². The number of aliphatic hydroxyl groups excluding tert-OH is 6. The van der Waals surface area contributed by atoms with E-state index in [-0.39, 0.29) is 33.0 Å². The lowest BCUT2D eigenvalue weighted by Crippen LogP contribution is -2.12. The van der Waals surface area contributed by atoms with E-state index in [2.05, 4.69) is 9.24 Å². The lowest BCUT2D eigenvalue weighted by Gasteiger charge is -2.05. The minimum Gasteiger partial charge on any atom is -0.394 e. The lowest BCUT2D eigenvalue weighted by molar-refractivity contribution is 0.0165. The molecule has 0 fully saturated rings. The van der Waals surface area contributed by atoms with Crippen molar-refractivity contribution in [2.45, 2.75) is 5.85 Å². The SMILES string of the molecule is OCCOCCOCC(O)P.OCCOCCOCCO.OCCOCCOCCO. The highest BCUT2D eigenvalue weighted by molar-refractivity contribution is 7.17. The average molecular weight is 483 g/mol. The number of rotatable bonds is 21. The van der Waals surface area contributed by atoms with E-state index in [1.807, 2.05) is 0 Å². The summed E-state index contributed by atoms with van der Waals surface area (Å²) in [6, 6.07) is 0. The molecule has 2 atom stereocenters. The first kappa shape index (κ1) is 35.5. The largest absolute Gasteiger partial charge is 0.394 e. The zero-order valence-corrected chi connectivity index (χ0v) is 19.5. The summed E-state index contributed by atoms with van der Waals surface area (Å²) < 4.78 is 29.4. The van der Waals surface area contributed by atoms with Crippen LogP contribution in [0.25, 0.3) is 0 Å². The first-order valence-corrected chi connectivity index (χ1v) is 10.7. The zero-order chi connectivity index (χ0) is 23.8. The molecule has 192 valence electrons. The Morgan fingerprint density at radius 1 is 0.419 bits per heavy atom. The molecule has 13 heteroatoms. The number of aliphatic hydroxyl groups is 6. The minimum atomic E-state index is -0.507. The van der Waals surface area contributed by atoms with Crippen LogP contribution in [0.1, 0.15) is 0 Å². The van der Waals surface area contributed by atoms with Gasteiger partial charge in [-0.2, -0.15) is 0 Å². The highest BCUT2D eigenvalue weighted by atomic mass is 31.0. The molecule has 0 saturated heterocycles. The standard InChI is InChI=1S/C6H15O4P.2C6H14O4/c7-1-2-9-3-4-10-5-6(8)11;2*7-1-3-9-5-6-10-4-2-8/h6-8H,1-5,11H2;2*7-8H,1-6H2. The van der Waals surface area contributed by atoms with E-state index < -0.39 is 5.85 Å². The molecule has 0 radical (unpaired) electrons. The molecule has 0 aliphatic rings. The highest BCUT2D eigenvalue weighted by Crippen LogP contribution is 1.93. The summed E-state index contributed by atoms with van der Waals surface area (Å²) in [5.41, 5.74) is 0. The molecule has 2 unspecified atom stereocenters. The summed E-state index contributed by atoms with van der Waals surface area (Å²) in [6.45, 7) is 5.04. The molecule has 0 aliphatic carbocycles. The van der Waals surface area contributed by atoms with Crippen LogP contribution in [0.5, 0.6) is 0 Å². The quantitative estimate of drug-likeness (QED) is 0.0734. The third kappa shape index (κ3) is 48.6. The van der Waals surface area contributed by atoms with Crippen molar-refractivity contribution in [3.8, 4) is 0 Å². The molecule has 0 heterocycles. The minimum absolute atomic E-state index is 0.0340. The van der Waals surface area contributed by atoms with Crippen LogP contribution >= 0.6 is 9.24 Å². The summed E-state index contributed by atoms with van der Waals surface area (Å²) in [7, 11) is 2.21. The van der Waals surface area contributed by atoms with Crippen molar-refractivity contribution in [1.82, 2.24) is 0 Å². The third-order valence-electron chi connectivity index (χ3n) is 2.58. The van der Waals surface area contributed by atoms with Gasteiger partial charge in [0.1, 0.15) is 0 Å². The van der Waals surface area contributed by atoms with Crippen LogP contribution in [0.4, 0.5) is 0 Å². The predicted octanol–water partition coefficient (Wildman–Crippen LogP) is -2.79. The smallest absolute Gasteiger partial charge is 0.0905 e. The van der Waals surface area contributed by atoms with E-state index in [1.54, 1.807) is 0 Å². The zero-order valence-electron chi connectivity index (χ0n) is 18.3. The van der Waals surface area contributed by atoms with Crippen LogP contribution in [0.3, 0.4) is 0 Å². The monoisotopic (exact) mass is 482 g/mol. The van der Waals surface area contributed by atoms with Crippen molar-refractivity contribution in [2.24, 2.45) is 0 Å². The van der Waals surface area contributed by atoms with Crippen molar-refractivity contribution in [3.05, 3.63) is 0 Å². The molecule has 0 saturated carbocycles. The van der Waals surface area contributed by atoms with Crippen LogP contribution in [0, 0.1) is 0 Å². The molecule has 0 aromatic heterocycles. The Hall–Kier alpha value is -0.0500. The second kappa shape index (κ2) is 37.3. The van der Waals surface area contributed by atoms with Crippen LogP contribution in [-0.4, -0.2) is 149 Å². The van der Waals surface area contributed by atoms with Crippen LogP contribution in [0.15, 0.2) is 0 Å². The van der Waals surface area contributed by atoms with Crippen LogP contribution in [0.2, 0.25) is 0 Å². The van der Waals surface area contributed by atoms with Crippen molar-refractivity contribution < 1.29 is 59.1 Å². The molecular formula is C18H43O12P. The highest BCUT2D eigenvalue weighted by Gasteiger charge is 1.94. The Bertz CT molecular complexity index is 246. The van der Waals surface area contributed by atoms with E-state index in [0.29, 0.717) is 79.3 Å². The van der Waals surface area contributed by atoms with E-state index in [4.69, 9.17) is 59.1 Å². The van der Waals surface area contributed by atoms with Crippen LogP contribution in [-0.2, 0) is 28.4 Å². The van der Waals surface area contributed by atoms with E-state index in [9.17, 15) is 0 Å². The van der Waals surface area contributed by atoms with Crippen molar-refractivity contribution >= 4 is 9.24 Å². The van der Waals surface area contributed by atoms with Gasteiger partial charge in [0, 0.05) is 0 Å². The molecule has 12 nitrogen and oxygen atoms in total. The summed E-state index contributed by atoms with van der Waals surface area (Å²) >= 11 is 0. The average Bonchev–Trinajstić information content (AvgIpc) is 2.76. The fourth-order valence-corrected chi connectivity index (χ4v) is 1.53. The first-order valence-electron chi connectivity index (χ1n) is 10.0. The molecule has 31 heavy (non-hydrogen) atoms. The molecule has 0 rings (SSSR count). The number of hydrogen-bond donors (Lipinski definition) is 6. The number of hydrogen-bond acceptors (Lipinski definition) is 12. The summed E-state index contributed by atoms with van der Waals surface area (Å²) in [6.07, 6.45) is 0. The van der Waals surface area contributed by atoms with Gasteiger partial charge in [-0.25, -0.2) is 0 Å². The Kier molecular flexibility index (Phi) is 42.7. The van der Waals surface area contributed by atoms with Gasteiger partial charge in [0.15, 0.2) is 0 Å². The van der Waals surface area contributed by atoms with Gasteiger partial charge in [-0.3, -0.25) is 0 Å². The summed E-state index contributed by atoms with van der Waals surface area (Å²) in [4.78, 5) is 0. The summed E-state index contributed by atoms with van der Waals surface area (Å²) in [5.74, 6) is -0.507. The van der Waals surface area contributed by atoms with Crippen LogP contribution < -0.4 is 0 Å². The van der Waals surface area contributed by atoms with Crippen molar-refractivity contribution in [1.29, 1.82) is 0 Å². The Balaban J connectivity index is -0.000000380. The maximum Gasteiger partial charge on any atom is 0.0905 e. The number of ether oxygens (including phenoxy) is 6. The van der Waals surface area contributed by atoms with Gasteiger partial charge in [-0.05, 0) is 0 Å². The second-order valence-corrected chi connectivity index (χ2v) is 6.09. The molecule has 0 aromatic carbocycles. The molecule has 0 spiro atoms. The summed E-state index contributed by atoms with van der Waals surface area (Å²) in [5, 5.41) is 50.1. The fourth-order valence-electron chi connectivity index (χ4n) is 1.39. The van der Waals surface area contributed by atoms with E-state index >= 15 is 0 Å². The fraction of sp³-hybridized carbons (Fsp3) is 1.00. The Morgan fingerprint density at radius 2 is 0.645 bits per heavy atom. The van der Waals surface area contributed by atoms with Gasteiger partial charge < -0.3 is 59.1 Å².